The van der Waals surface area contributed by atoms with Gasteiger partial charge in [-0.05, 0) is 37.5 Å². The van der Waals surface area contributed by atoms with Gasteiger partial charge in [0.25, 0.3) is 0 Å². The molecule has 2 rings (SSSR count). The van der Waals surface area contributed by atoms with Gasteiger partial charge in [0, 0.05) is 17.5 Å². The molecule has 1 atom stereocenters. The minimum absolute atomic E-state index is 0.0251. The van der Waals surface area contributed by atoms with Crippen molar-refractivity contribution in [1.82, 2.24) is 0 Å². The minimum atomic E-state index is -1.14. The summed E-state index contributed by atoms with van der Waals surface area (Å²) >= 11 is 0. The predicted molar refractivity (Wildman–Crippen MR) is 62.2 cm³/mol. The lowest BCUT2D eigenvalue weighted by molar-refractivity contribution is 0.252. The zero-order valence-electron chi connectivity index (χ0n) is 9.54. The number of aromatic hydroxyl groups is 1. The summed E-state index contributed by atoms with van der Waals surface area (Å²) in [7, 11) is 0. The van der Waals surface area contributed by atoms with E-state index in [4.69, 9.17) is 5.73 Å². The van der Waals surface area contributed by atoms with Crippen molar-refractivity contribution in [2.45, 2.75) is 37.8 Å². The number of rotatable bonds is 3. The molecular formula is C13H18FNO. The molecule has 1 fully saturated rings. The molecule has 0 bridgehead atoms. The molecule has 1 saturated carbocycles. The second kappa shape index (κ2) is 4.06. The first-order valence-electron chi connectivity index (χ1n) is 5.76. The Labute approximate surface area is 95.3 Å². The molecule has 1 aromatic rings. The zero-order chi connectivity index (χ0) is 11.8. The van der Waals surface area contributed by atoms with Crippen LogP contribution in [0.25, 0.3) is 0 Å². The third-order valence-electron chi connectivity index (χ3n) is 3.77. The first kappa shape index (κ1) is 11.4. The number of hydrogen-bond donors (Lipinski definition) is 2. The molecule has 16 heavy (non-hydrogen) atoms. The molecule has 2 nitrogen and oxygen atoms in total. The van der Waals surface area contributed by atoms with Crippen LogP contribution in [0.1, 0.15) is 43.5 Å². The first-order valence-corrected chi connectivity index (χ1v) is 5.76. The highest BCUT2D eigenvalue weighted by Gasteiger charge is 2.37. The second-order valence-electron chi connectivity index (χ2n) is 4.73. The van der Waals surface area contributed by atoms with Gasteiger partial charge in [-0.15, -0.1) is 0 Å². The van der Waals surface area contributed by atoms with Crippen LogP contribution < -0.4 is 5.73 Å². The van der Waals surface area contributed by atoms with Crippen molar-refractivity contribution in [1.29, 1.82) is 0 Å². The van der Waals surface area contributed by atoms with Gasteiger partial charge in [0.1, 0.15) is 11.9 Å². The highest BCUT2D eigenvalue weighted by Crippen LogP contribution is 2.44. The second-order valence-corrected chi connectivity index (χ2v) is 4.73. The van der Waals surface area contributed by atoms with E-state index >= 15 is 0 Å². The smallest absolute Gasteiger partial charge is 0.126 e. The quantitative estimate of drug-likeness (QED) is 0.827. The molecule has 0 aliphatic heterocycles. The van der Waals surface area contributed by atoms with E-state index in [0.29, 0.717) is 12.1 Å². The molecule has 0 heterocycles. The van der Waals surface area contributed by atoms with Gasteiger partial charge in [0.15, 0.2) is 0 Å². The Bertz CT molecular complexity index is 380. The molecule has 0 aromatic heterocycles. The van der Waals surface area contributed by atoms with Crippen LogP contribution in [0.4, 0.5) is 4.39 Å². The van der Waals surface area contributed by atoms with Crippen molar-refractivity contribution >= 4 is 0 Å². The summed E-state index contributed by atoms with van der Waals surface area (Å²) in [6.07, 6.45) is 2.16. The van der Waals surface area contributed by atoms with Crippen LogP contribution in [-0.2, 0) is 5.41 Å². The SMILES string of the molecule is CC(F)c1cc(C2(CN)CCC2)ccc1O. The Hall–Kier alpha value is -1.09. The van der Waals surface area contributed by atoms with Crippen molar-refractivity contribution in [3.8, 4) is 5.75 Å². The van der Waals surface area contributed by atoms with Gasteiger partial charge in [-0.2, -0.15) is 0 Å². The number of alkyl halides is 1. The molecule has 0 spiro atoms. The molecule has 1 aliphatic carbocycles. The van der Waals surface area contributed by atoms with Crippen molar-refractivity contribution in [2.75, 3.05) is 6.54 Å². The molecule has 1 aliphatic rings. The third-order valence-corrected chi connectivity index (χ3v) is 3.77. The molecule has 88 valence electrons. The van der Waals surface area contributed by atoms with Crippen molar-refractivity contribution in [3.05, 3.63) is 29.3 Å². The van der Waals surface area contributed by atoms with E-state index in [1.54, 1.807) is 12.1 Å². The number of benzene rings is 1. The fourth-order valence-electron chi connectivity index (χ4n) is 2.42. The summed E-state index contributed by atoms with van der Waals surface area (Å²) in [6, 6.07) is 5.22. The summed E-state index contributed by atoms with van der Waals surface area (Å²) in [5.74, 6) is 0.0326. The number of phenols is 1. The lowest BCUT2D eigenvalue weighted by Gasteiger charge is -2.41. The minimum Gasteiger partial charge on any atom is -0.508 e. The van der Waals surface area contributed by atoms with Crippen LogP contribution in [0.15, 0.2) is 18.2 Å². The molecule has 3 N–H and O–H groups in total. The van der Waals surface area contributed by atoms with Gasteiger partial charge in [-0.3, -0.25) is 0 Å². The van der Waals surface area contributed by atoms with Crippen LogP contribution in [0, 0.1) is 0 Å². The Morgan fingerprint density at radius 1 is 1.50 bits per heavy atom. The molecule has 0 radical (unpaired) electrons. The number of nitrogens with two attached hydrogens (primary N) is 1. The third kappa shape index (κ3) is 1.69. The monoisotopic (exact) mass is 223 g/mol. The van der Waals surface area contributed by atoms with Crippen LogP contribution in [0.2, 0.25) is 0 Å². The molecular weight excluding hydrogens is 205 g/mol. The van der Waals surface area contributed by atoms with E-state index in [1.165, 1.54) is 13.3 Å². The summed E-state index contributed by atoms with van der Waals surface area (Å²) in [4.78, 5) is 0. The van der Waals surface area contributed by atoms with Gasteiger partial charge >= 0.3 is 0 Å². The highest BCUT2D eigenvalue weighted by atomic mass is 19.1. The van der Waals surface area contributed by atoms with E-state index in [0.717, 1.165) is 18.4 Å². The topological polar surface area (TPSA) is 46.2 Å². The molecule has 0 amide bonds. The summed E-state index contributed by atoms with van der Waals surface area (Å²) < 4.78 is 13.3. The van der Waals surface area contributed by atoms with E-state index in [2.05, 4.69) is 0 Å². The predicted octanol–water partition coefficient (Wildman–Crippen LogP) is 2.80. The van der Waals surface area contributed by atoms with Crippen LogP contribution in [-0.4, -0.2) is 11.7 Å². The van der Waals surface area contributed by atoms with Crippen molar-refractivity contribution < 1.29 is 9.50 Å². The lowest BCUT2D eigenvalue weighted by Crippen LogP contribution is -2.41. The number of halogens is 1. The van der Waals surface area contributed by atoms with Gasteiger partial charge < -0.3 is 10.8 Å². The number of hydrogen-bond acceptors (Lipinski definition) is 2. The average Bonchev–Trinajstić information content (AvgIpc) is 2.19. The fraction of sp³-hybridized carbons (Fsp3) is 0.538. The molecule has 3 heteroatoms. The fourth-order valence-corrected chi connectivity index (χ4v) is 2.42. The molecule has 1 aromatic carbocycles. The summed E-state index contributed by atoms with van der Waals surface area (Å²) in [5.41, 5.74) is 7.27. The highest BCUT2D eigenvalue weighted by molar-refractivity contribution is 5.41. The maximum atomic E-state index is 13.3. The van der Waals surface area contributed by atoms with Gasteiger partial charge in [0.2, 0.25) is 0 Å². The largest absolute Gasteiger partial charge is 0.508 e. The Kier molecular flexibility index (Phi) is 2.89. The van der Waals surface area contributed by atoms with Gasteiger partial charge in [-0.25, -0.2) is 4.39 Å². The number of phenolic OH excluding ortho intramolecular Hbond substituents is 1. The Morgan fingerprint density at radius 3 is 2.62 bits per heavy atom. The lowest BCUT2D eigenvalue weighted by atomic mass is 9.64. The standard InChI is InChI=1S/C13H18FNO/c1-9(14)11-7-10(3-4-12(11)16)13(8-15)5-2-6-13/h3-4,7,9,16H,2,5-6,8,15H2,1H3. The first-order chi connectivity index (χ1) is 7.59. The normalized spacial score (nSPS) is 20.2. The van der Waals surface area contributed by atoms with E-state index in [1.807, 2.05) is 6.07 Å². The zero-order valence-corrected chi connectivity index (χ0v) is 9.54. The van der Waals surface area contributed by atoms with E-state index < -0.39 is 6.17 Å². The Morgan fingerprint density at radius 2 is 2.19 bits per heavy atom. The van der Waals surface area contributed by atoms with Crippen LogP contribution in [0.5, 0.6) is 5.75 Å². The van der Waals surface area contributed by atoms with E-state index in [9.17, 15) is 9.50 Å². The maximum absolute atomic E-state index is 13.3. The van der Waals surface area contributed by atoms with Crippen molar-refractivity contribution in [2.24, 2.45) is 5.73 Å². The van der Waals surface area contributed by atoms with Crippen LogP contribution >= 0.6 is 0 Å². The van der Waals surface area contributed by atoms with Crippen molar-refractivity contribution in [3.63, 3.8) is 0 Å². The van der Waals surface area contributed by atoms with E-state index in [-0.39, 0.29) is 11.2 Å². The molecule has 1 unspecified atom stereocenters. The molecule has 0 saturated heterocycles. The van der Waals surface area contributed by atoms with Gasteiger partial charge in [0.05, 0.1) is 0 Å². The van der Waals surface area contributed by atoms with Gasteiger partial charge in [-0.1, -0.05) is 12.5 Å². The summed E-state index contributed by atoms with van der Waals surface area (Å²) in [6.45, 7) is 2.03. The summed E-state index contributed by atoms with van der Waals surface area (Å²) in [5, 5.41) is 9.56. The average molecular weight is 223 g/mol. The Balaban J connectivity index is 2.39. The maximum Gasteiger partial charge on any atom is 0.126 e. The van der Waals surface area contributed by atoms with Crippen LogP contribution in [0.3, 0.4) is 0 Å².